The zero-order chi connectivity index (χ0) is 14.1. The lowest BCUT2D eigenvalue weighted by Gasteiger charge is -2.00. The van der Waals surface area contributed by atoms with Crippen LogP contribution in [0.4, 0.5) is 0 Å². The molecule has 3 rings (SSSR count). The summed E-state index contributed by atoms with van der Waals surface area (Å²) in [7, 11) is 0. The number of hydrogen-bond donors (Lipinski definition) is 1. The molecule has 0 atom stereocenters. The van der Waals surface area contributed by atoms with Crippen molar-refractivity contribution in [2.75, 3.05) is 0 Å². The van der Waals surface area contributed by atoms with Crippen LogP contribution in [0.3, 0.4) is 0 Å². The van der Waals surface area contributed by atoms with E-state index < -0.39 is 5.97 Å². The second-order valence-corrected chi connectivity index (χ2v) is 4.16. The normalized spacial score (nSPS) is 10.3. The van der Waals surface area contributed by atoms with Gasteiger partial charge >= 0.3 is 5.97 Å². The van der Waals surface area contributed by atoms with Gasteiger partial charge in [-0.2, -0.15) is 5.26 Å². The summed E-state index contributed by atoms with van der Waals surface area (Å²) >= 11 is 0. The Morgan fingerprint density at radius 2 is 2.05 bits per heavy atom. The number of fused-ring (bicyclic) bond motifs is 1. The molecular formula is C15H8N2O3. The van der Waals surface area contributed by atoms with Crippen molar-refractivity contribution in [2.24, 2.45) is 0 Å². The van der Waals surface area contributed by atoms with Crippen LogP contribution in [0.5, 0.6) is 0 Å². The Bertz CT molecular complexity index is 859. The maximum Gasteiger partial charge on any atom is 0.336 e. The lowest BCUT2D eigenvalue weighted by atomic mass is 10.1. The Morgan fingerprint density at radius 1 is 1.25 bits per heavy atom. The summed E-state index contributed by atoms with van der Waals surface area (Å²) < 4.78 is 5.56. The summed E-state index contributed by atoms with van der Waals surface area (Å²) in [6.07, 6.45) is 0. The molecule has 0 aliphatic carbocycles. The fraction of sp³-hybridized carbons (Fsp3) is 0. The summed E-state index contributed by atoms with van der Waals surface area (Å²) in [5.74, 6) is -0.811. The maximum atomic E-state index is 11.2. The predicted molar refractivity (Wildman–Crippen MR) is 71.1 cm³/mol. The highest BCUT2D eigenvalue weighted by Crippen LogP contribution is 2.27. The van der Waals surface area contributed by atoms with Gasteiger partial charge in [0.25, 0.3) is 0 Å². The van der Waals surface area contributed by atoms with Gasteiger partial charge in [-0.25, -0.2) is 9.78 Å². The van der Waals surface area contributed by atoms with E-state index in [0.29, 0.717) is 22.2 Å². The van der Waals surface area contributed by atoms with E-state index in [1.807, 2.05) is 6.07 Å². The Morgan fingerprint density at radius 3 is 2.80 bits per heavy atom. The van der Waals surface area contributed by atoms with Gasteiger partial charge < -0.3 is 9.52 Å². The van der Waals surface area contributed by atoms with Crippen LogP contribution in [-0.2, 0) is 0 Å². The van der Waals surface area contributed by atoms with Crippen molar-refractivity contribution >= 4 is 17.1 Å². The van der Waals surface area contributed by atoms with Crippen molar-refractivity contribution in [3.63, 3.8) is 0 Å². The number of carbonyl (C=O) groups is 1. The van der Waals surface area contributed by atoms with Crippen molar-refractivity contribution in [1.82, 2.24) is 4.98 Å². The summed E-state index contributed by atoms with van der Waals surface area (Å²) in [6, 6.07) is 13.4. The third-order valence-electron chi connectivity index (χ3n) is 2.90. The van der Waals surface area contributed by atoms with E-state index >= 15 is 0 Å². The highest BCUT2D eigenvalue weighted by Gasteiger charge is 2.16. The first-order chi connectivity index (χ1) is 9.69. The topological polar surface area (TPSA) is 87.1 Å². The molecule has 20 heavy (non-hydrogen) atoms. The first kappa shape index (κ1) is 11.9. The molecule has 0 aliphatic heterocycles. The second kappa shape index (κ2) is 4.52. The number of benzene rings is 2. The molecule has 0 aliphatic rings. The fourth-order valence-electron chi connectivity index (χ4n) is 1.97. The molecule has 5 nitrogen and oxygen atoms in total. The third-order valence-corrected chi connectivity index (χ3v) is 2.90. The molecule has 0 saturated carbocycles. The van der Waals surface area contributed by atoms with Gasteiger partial charge in [-0.3, -0.25) is 0 Å². The molecule has 0 radical (unpaired) electrons. The molecule has 0 unspecified atom stereocenters. The number of hydrogen-bond acceptors (Lipinski definition) is 4. The molecule has 5 heteroatoms. The molecule has 1 heterocycles. The zero-order valence-corrected chi connectivity index (χ0v) is 10.2. The van der Waals surface area contributed by atoms with Crippen molar-refractivity contribution in [1.29, 1.82) is 5.26 Å². The van der Waals surface area contributed by atoms with E-state index in [9.17, 15) is 9.90 Å². The first-order valence-corrected chi connectivity index (χ1v) is 5.82. The van der Waals surface area contributed by atoms with Crippen molar-refractivity contribution in [3.8, 4) is 17.5 Å². The molecular weight excluding hydrogens is 256 g/mol. The van der Waals surface area contributed by atoms with Gasteiger partial charge in [0, 0.05) is 0 Å². The van der Waals surface area contributed by atoms with E-state index in [1.165, 1.54) is 6.07 Å². The van der Waals surface area contributed by atoms with Crippen LogP contribution in [0.25, 0.3) is 22.6 Å². The monoisotopic (exact) mass is 264 g/mol. The Kier molecular flexibility index (Phi) is 2.70. The van der Waals surface area contributed by atoms with Crippen molar-refractivity contribution < 1.29 is 14.3 Å². The van der Waals surface area contributed by atoms with Gasteiger partial charge in [-0.05, 0) is 30.3 Å². The van der Waals surface area contributed by atoms with E-state index in [2.05, 4.69) is 4.98 Å². The predicted octanol–water partition coefficient (Wildman–Crippen LogP) is 3.06. The van der Waals surface area contributed by atoms with Crippen LogP contribution >= 0.6 is 0 Å². The van der Waals surface area contributed by atoms with Gasteiger partial charge in [0.2, 0.25) is 5.89 Å². The molecule has 0 bridgehead atoms. The van der Waals surface area contributed by atoms with Gasteiger partial charge in [0.1, 0.15) is 5.52 Å². The minimum Gasteiger partial charge on any atom is -0.478 e. The molecule has 0 saturated heterocycles. The number of oxazole rings is 1. The lowest BCUT2D eigenvalue weighted by Crippen LogP contribution is -1.98. The molecule has 2 aromatic carbocycles. The SMILES string of the molecule is N#Cc1ccc2oc(-c3ccccc3C(=O)O)nc2c1. The minimum absolute atomic E-state index is 0.125. The van der Waals surface area contributed by atoms with Gasteiger partial charge in [-0.1, -0.05) is 12.1 Å². The summed E-state index contributed by atoms with van der Waals surface area (Å²) in [5.41, 5.74) is 2.05. The summed E-state index contributed by atoms with van der Waals surface area (Å²) in [5, 5.41) is 18.0. The molecule has 1 N–H and O–H groups in total. The fourth-order valence-corrected chi connectivity index (χ4v) is 1.97. The standard InChI is InChI=1S/C15H8N2O3/c16-8-9-5-6-13-12(7-9)17-14(20-13)10-3-1-2-4-11(10)15(18)19/h1-7H,(H,18,19). The van der Waals surface area contributed by atoms with Crippen LogP contribution < -0.4 is 0 Å². The largest absolute Gasteiger partial charge is 0.478 e. The average molecular weight is 264 g/mol. The van der Waals surface area contributed by atoms with Gasteiger partial charge in [0.05, 0.1) is 22.8 Å². The highest BCUT2D eigenvalue weighted by molar-refractivity contribution is 5.95. The number of carboxylic acid groups (broad SMARTS) is 1. The quantitative estimate of drug-likeness (QED) is 0.768. The smallest absolute Gasteiger partial charge is 0.336 e. The van der Waals surface area contributed by atoms with Gasteiger partial charge in [-0.15, -0.1) is 0 Å². The molecule has 3 aromatic rings. The van der Waals surface area contributed by atoms with Crippen LogP contribution in [0.2, 0.25) is 0 Å². The molecule has 0 fully saturated rings. The third kappa shape index (κ3) is 1.89. The number of nitriles is 1. The Balaban J connectivity index is 2.21. The van der Waals surface area contributed by atoms with E-state index in [0.717, 1.165) is 0 Å². The molecule has 0 spiro atoms. The van der Waals surface area contributed by atoms with E-state index in [1.54, 1.807) is 36.4 Å². The number of aromatic nitrogens is 1. The molecule has 1 aromatic heterocycles. The molecule has 0 amide bonds. The average Bonchev–Trinajstić information content (AvgIpc) is 2.89. The number of nitrogens with zero attached hydrogens (tertiary/aromatic N) is 2. The minimum atomic E-state index is -1.04. The first-order valence-electron chi connectivity index (χ1n) is 5.82. The van der Waals surface area contributed by atoms with E-state index in [-0.39, 0.29) is 11.5 Å². The zero-order valence-electron chi connectivity index (χ0n) is 10.2. The lowest BCUT2D eigenvalue weighted by molar-refractivity contribution is 0.0697. The van der Waals surface area contributed by atoms with Crippen LogP contribution in [0.1, 0.15) is 15.9 Å². The summed E-state index contributed by atoms with van der Waals surface area (Å²) in [4.78, 5) is 15.5. The van der Waals surface area contributed by atoms with Crippen LogP contribution in [-0.4, -0.2) is 16.1 Å². The number of carboxylic acids is 1. The van der Waals surface area contributed by atoms with Crippen molar-refractivity contribution in [2.45, 2.75) is 0 Å². The Hall–Kier alpha value is -3.13. The van der Waals surface area contributed by atoms with Gasteiger partial charge in [0.15, 0.2) is 5.58 Å². The summed E-state index contributed by atoms with van der Waals surface area (Å²) in [6.45, 7) is 0. The number of aromatic carboxylic acids is 1. The Labute approximate surface area is 113 Å². The molecule has 96 valence electrons. The van der Waals surface area contributed by atoms with Crippen LogP contribution in [0.15, 0.2) is 46.9 Å². The second-order valence-electron chi connectivity index (χ2n) is 4.16. The van der Waals surface area contributed by atoms with E-state index in [4.69, 9.17) is 9.68 Å². The van der Waals surface area contributed by atoms with Crippen LogP contribution in [0, 0.1) is 11.3 Å². The number of rotatable bonds is 2. The van der Waals surface area contributed by atoms with Crippen molar-refractivity contribution in [3.05, 3.63) is 53.6 Å². The maximum absolute atomic E-state index is 11.2. The highest BCUT2D eigenvalue weighted by atomic mass is 16.4.